The molecule has 124 valence electrons. The molecular formula is C18H18N2O3S. The first kappa shape index (κ1) is 17.7. The summed E-state index contributed by atoms with van der Waals surface area (Å²) in [6, 6.07) is 15.7. The number of nitrogens with one attached hydrogen (secondary N) is 1. The minimum absolute atomic E-state index is 0.302. The summed E-state index contributed by atoms with van der Waals surface area (Å²) in [6.07, 6.45) is 0.890. The fraction of sp³-hybridized carbons (Fsp3) is 0.222. The highest BCUT2D eigenvalue weighted by Crippen LogP contribution is 2.13. The molecule has 0 bridgehead atoms. The molecule has 0 saturated carbocycles. The minimum Gasteiger partial charge on any atom is -0.325 e. The summed E-state index contributed by atoms with van der Waals surface area (Å²) >= 11 is 0. The van der Waals surface area contributed by atoms with E-state index in [1.807, 2.05) is 25.1 Å². The van der Waals surface area contributed by atoms with Crippen LogP contribution in [-0.4, -0.2) is 20.1 Å². The smallest absolute Gasteiger partial charge is 0.239 e. The third-order valence-electron chi connectivity index (χ3n) is 3.51. The maximum absolute atomic E-state index is 12.2. The van der Waals surface area contributed by atoms with Crippen molar-refractivity contribution < 1.29 is 13.2 Å². The Labute approximate surface area is 141 Å². The molecule has 0 aliphatic carbocycles. The number of sulfone groups is 1. The Morgan fingerprint density at radius 2 is 1.79 bits per heavy atom. The molecule has 1 amide bonds. The Hall–Kier alpha value is -2.65. The van der Waals surface area contributed by atoms with Crippen LogP contribution < -0.4 is 5.32 Å². The van der Waals surface area contributed by atoms with E-state index in [4.69, 9.17) is 5.26 Å². The quantitative estimate of drug-likeness (QED) is 0.874. The van der Waals surface area contributed by atoms with Gasteiger partial charge in [0.1, 0.15) is 5.75 Å². The lowest BCUT2D eigenvalue weighted by atomic mass is 10.1. The van der Waals surface area contributed by atoms with Crippen LogP contribution in [-0.2, 0) is 26.8 Å². The molecule has 2 aromatic rings. The second kappa shape index (κ2) is 7.75. The Morgan fingerprint density at radius 3 is 2.42 bits per heavy atom. The van der Waals surface area contributed by atoms with Crippen LogP contribution >= 0.6 is 0 Å². The monoisotopic (exact) mass is 342 g/mol. The molecule has 0 heterocycles. The average molecular weight is 342 g/mol. The van der Waals surface area contributed by atoms with Crippen molar-refractivity contribution in [2.75, 3.05) is 11.1 Å². The van der Waals surface area contributed by atoms with Crippen LogP contribution in [0.15, 0.2) is 48.5 Å². The second-order valence-electron chi connectivity index (χ2n) is 5.40. The highest BCUT2D eigenvalue weighted by atomic mass is 32.2. The molecule has 5 nitrogen and oxygen atoms in total. The van der Waals surface area contributed by atoms with E-state index >= 15 is 0 Å². The predicted molar refractivity (Wildman–Crippen MR) is 93.1 cm³/mol. The molecule has 0 unspecified atom stereocenters. The van der Waals surface area contributed by atoms with Gasteiger partial charge >= 0.3 is 0 Å². The molecule has 2 aromatic carbocycles. The molecule has 0 spiro atoms. The Balaban J connectivity index is 2.02. The van der Waals surface area contributed by atoms with Gasteiger partial charge in [0.15, 0.2) is 9.84 Å². The molecular weight excluding hydrogens is 324 g/mol. The lowest BCUT2D eigenvalue weighted by molar-refractivity contribution is -0.113. The van der Waals surface area contributed by atoms with Crippen LogP contribution in [0.25, 0.3) is 0 Å². The van der Waals surface area contributed by atoms with Gasteiger partial charge in [0.05, 0.1) is 17.4 Å². The van der Waals surface area contributed by atoms with Crippen LogP contribution in [0.4, 0.5) is 5.69 Å². The third-order valence-corrected chi connectivity index (χ3v) is 4.96. The predicted octanol–water partition coefficient (Wildman–Crippen LogP) is 2.67. The molecule has 0 atom stereocenters. The largest absolute Gasteiger partial charge is 0.325 e. The molecule has 0 saturated heterocycles. The van der Waals surface area contributed by atoms with E-state index in [0.717, 1.165) is 12.0 Å². The lowest BCUT2D eigenvalue weighted by Gasteiger charge is -2.08. The zero-order valence-corrected chi connectivity index (χ0v) is 14.1. The summed E-state index contributed by atoms with van der Waals surface area (Å²) in [5.41, 5.74) is 2.40. The summed E-state index contributed by atoms with van der Waals surface area (Å²) in [4.78, 5) is 12.0. The number of nitrogens with zero attached hydrogens (tertiary/aromatic N) is 1. The van der Waals surface area contributed by atoms with Gasteiger partial charge in [0.25, 0.3) is 0 Å². The van der Waals surface area contributed by atoms with Crippen molar-refractivity contribution in [3.8, 4) is 6.07 Å². The molecule has 1 N–H and O–H groups in total. The van der Waals surface area contributed by atoms with Crippen molar-refractivity contribution in [2.24, 2.45) is 0 Å². The van der Waals surface area contributed by atoms with Crippen molar-refractivity contribution in [1.29, 1.82) is 5.26 Å². The van der Waals surface area contributed by atoms with Crippen molar-refractivity contribution >= 4 is 21.4 Å². The first-order valence-electron chi connectivity index (χ1n) is 7.50. The molecule has 0 radical (unpaired) electrons. The van der Waals surface area contributed by atoms with Gasteiger partial charge in [0.2, 0.25) is 5.91 Å². The van der Waals surface area contributed by atoms with Gasteiger partial charge in [-0.15, -0.1) is 0 Å². The Morgan fingerprint density at radius 1 is 1.12 bits per heavy atom. The van der Waals surface area contributed by atoms with Gasteiger partial charge in [-0.2, -0.15) is 5.26 Å². The van der Waals surface area contributed by atoms with E-state index in [2.05, 4.69) is 5.32 Å². The van der Waals surface area contributed by atoms with Gasteiger partial charge < -0.3 is 5.32 Å². The number of hydrogen-bond donors (Lipinski definition) is 1. The highest BCUT2D eigenvalue weighted by molar-refractivity contribution is 7.91. The van der Waals surface area contributed by atoms with E-state index in [-0.39, 0.29) is 5.75 Å². The standard InChI is InChI=1S/C18H18N2O3S/c1-2-14-7-9-17(10-8-14)20-18(21)13-24(22,23)12-16-6-4-3-5-15(16)11-19/h3-10H,2,12-13H2,1H3,(H,20,21). The van der Waals surface area contributed by atoms with E-state index in [0.29, 0.717) is 16.8 Å². The van der Waals surface area contributed by atoms with Gasteiger partial charge in [0, 0.05) is 5.69 Å². The van der Waals surface area contributed by atoms with E-state index in [9.17, 15) is 13.2 Å². The van der Waals surface area contributed by atoms with E-state index in [1.54, 1.807) is 36.4 Å². The molecule has 6 heteroatoms. The van der Waals surface area contributed by atoms with Crippen molar-refractivity contribution in [3.63, 3.8) is 0 Å². The van der Waals surface area contributed by atoms with Crippen LogP contribution in [0.3, 0.4) is 0 Å². The first-order valence-corrected chi connectivity index (χ1v) is 9.33. The maximum Gasteiger partial charge on any atom is 0.239 e. The number of amides is 1. The fourth-order valence-electron chi connectivity index (χ4n) is 2.26. The number of anilines is 1. The van der Waals surface area contributed by atoms with Gasteiger partial charge in [-0.3, -0.25) is 4.79 Å². The zero-order valence-electron chi connectivity index (χ0n) is 13.3. The normalized spacial score (nSPS) is 10.8. The number of aryl methyl sites for hydroxylation is 1. The highest BCUT2D eigenvalue weighted by Gasteiger charge is 2.19. The van der Waals surface area contributed by atoms with Gasteiger partial charge in [-0.25, -0.2) is 8.42 Å². The van der Waals surface area contributed by atoms with Gasteiger partial charge in [-0.05, 0) is 35.7 Å². The van der Waals surface area contributed by atoms with Crippen LogP contribution in [0.5, 0.6) is 0 Å². The second-order valence-corrected chi connectivity index (χ2v) is 7.46. The van der Waals surface area contributed by atoms with Crippen LogP contribution in [0, 0.1) is 11.3 Å². The number of benzene rings is 2. The summed E-state index contributed by atoms with van der Waals surface area (Å²) in [6.45, 7) is 2.03. The topological polar surface area (TPSA) is 87.0 Å². The molecule has 2 rings (SSSR count). The molecule has 0 aliphatic rings. The molecule has 0 fully saturated rings. The third kappa shape index (κ3) is 4.93. The van der Waals surface area contributed by atoms with Crippen molar-refractivity contribution in [1.82, 2.24) is 0 Å². The Kier molecular flexibility index (Phi) is 5.72. The fourth-order valence-corrected chi connectivity index (χ4v) is 3.56. The molecule has 24 heavy (non-hydrogen) atoms. The van der Waals surface area contributed by atoms with E-state index < -0.39 is 21.5 Å². The van der Waals surface area contributed by atoms with E-state index in [1.165, 1.54) is 0 Å². The maximum atomic E-state index is 12.2. The van der Waals surface area contributed by atoms with Crippen molar-refractivity contribution in [3.05, 3.63) is 65.2 Å². The Bertz CT molecular complexity index is 866. The number of rotatable bonds is 6. The average Bonchev–Trinajstić information content (AvgIpc) is 2.55. The number of carbonyl (C=O) groups is 1. The number of nitriles is 1. The molecule has 0 aliphatic heterocycles. The first-order chi connectivity index (χ1) is 11.4. The summed E-state index contributed by atoms with van der Waals surface area (Å²) in [5.74, 6) is -1.55. The number of carbonyl (C=O) groups excluding carboxylic acids is 1. The lowest BCUT2D eigenvalue weighted by Crippen LogP contribution is -2.24. The van der Waals surface area contributed by atoms with Gasteiger partial charge in [-0.1, -0.05) is 37.3 Å². The number of hydrogen-bond acceptors (Lipinski definition) is 4. The SMILES string of the molecule is CCc1ccc(NC(=O)CS(=O)(=O)Cc2ccccc2C#N)cc1. The molecule has 0 aromatic heterocycles. The zero-order chi connectivity index (χ0) is 17.6. The van der Waals surface area contributed by atoms with Crippen LogP contribution in [0.2, 0.25) is 0 Å². The minimum atomic E-state index is -3.66. The van der Waals surface area contributed by atoms with Crippen molar-refractivity contribution in [2.45, 2.75) is 19.1 Å². The summed E-state index contributed by atoms with van der Waals surface area (Å²) in [7, 11) is -3.66. The summed E-state index contributed by atoms with van der Waals surface area (Å²) < 4.78 is 24.4. The summed E-state index contributed by atoms with van der Waals surface area (Å²) in [5, 5.41) is 11.6. The van der Waals surface area contributed by atoms with Crippen LogP contribution in [0.1, 0.15) is 23.6 Å².